The van der Waals surface area contributed by atoms with Crippen molar-refractivity contribution in [3.63, 3.8) is 0 Å². The van der Waals surface area contributed by atoms with E-state index < -0.39 is 0 Å². The zero-order valence-corrected chi connectivity index (χ0v) is 13.2. The van der Waals surface area contributed by atoms with E-state index in [2.05, 4.69) is 24.5 Å². The average Bonchev–Trinajstić information content (AvgIpc) is 2.32. The number of amides is 1. The van der Waals surface area contributed by atoms with E-state index in [4.69, 9.17) is 0 Å². The van der Waals surface area contributed by atoms with Crippen molar-refractivity contribution in [3.05, 3.63) is 0 Å². The first-order valence-corrected chi connectivity index (χ1v) is 7.66. The molecule has 2 rings (SSSR count). The van der Waals surface area contributed by atoms with Crippen molar-refractivity contribution >= 4 is 18.3 Å². The van der Waals surface area contributed by atoms with Crippen molar-refractivity contribution in [2.24, 2.45) is 11.3 Å². The van der Waals surface area contributed by atoms with Crippen LogP contribution in [0.4, 0.5) is 0 Å². The summed E-state index contributed by atoms with van der Waals surface area (Å²) in [4.78, 5) is 12.2. The van der Waals surface area contributed by atoms with Gasteiger partial charge in [0.2, 0.25) is 5.91 Å². The van der Waals surface area contributed by atoms with Crippen molar-refractivity contribution in [1.29, 1.82) is 0 Å². The summed E-state index contributed by atoms with van der Waals surface area (Å²) in [5, 5.41) is 6.64. The van der Waals surface area contributed by atoms with Crippen molar-refractivity contribution < 1.29 is 4.79 Å². The molecule has 2 fully saturated rings. The van der Waals surface area contributed by atoms with Gasteiger partial charge in [-0.1, -0.05) is 19.8 Å². The minimum absolute atomic E-state index is 0. The Hall–Kier alpha value is -0.280. The summed E-state index contributed by atoms with van der Waals surface area (Å²) in [6.07, 6.45) is 8.47. The molecule has 0 bridgehead atoms. The van der Waals surface area contributed by atoms with E-state index in [1.807, 2.05) is 0 Å². The van der Waals surface area contributed by atoms with Gasteiger partial charge >= 0.3 is 0 Å². The van der Waals surface area contributed by atoms with Crippen LogP contribution in [0.1, 0.15) is 58.8 Å². The molecule has 2 aliphatic rings. The first-order valence-electron chi connectivity index (χ1n) is 7.66. The molecule has 4 heteroatoms. The highest BCUT2D eigenvalue weighted by molar-refractivity contribution is 5.85. The summed E-state index contributed by atoms with van der Waals surface area (Å²) >= 11 is 0. The molecule has 1 saturated carbocycles. The molecular weight excluding hydrogens is 260 g/mol. The van der Waals surface area contributed by atoms with Gasteiger partial charge < -0.3 is 10.6 Å². The Morgan fingerprint density at radius 3 is 2.68 bits per heavy atom. The van der Waals surface area contributed by atoms with E-state index in [1.165, 1.54) is 32.1 Å². The molecule has 2 atom stereocenters. The molecule has 1 saturated heterocycles. The molecule has 2 N–H and O–H groups in total. The molecule has 0 radical (unpaired) electrons. The number of piperidine rings is 1. The van der Waals surface area contributed by atoms with Gasteiger partial charge in [0.05, 0.1) is 0 Å². The standard InChI is InChI=1S/C15H28N2O.ClH/c1-3-6-15(7-4-8-15)11-17-14(18)13-5-9-16-12(2)10-13;/h12-13,16H,3-11H2,1-2H3,(H,17,18);1H/t12-,13-;/m0./s1. The lowest BCUT2D eigenvalue weighted by molar-refractivity contribution is -0.127. The first kappa shape index (κ1) is 16.8. The maximum absolute atomic E-state index is 12.2. The molecule has 1 heterocycles. The predicted molar refractivity (Wildman–Crippen MR) is 81.6 cm³/mol. The summed E-state index contributed by atoms with van der Waals surface area (Å²) in [7, 11) is 0. The normalized spacial score (nSPS) is 28.9. The minimum atomic E-state index is 0. The van der Waals surface area contributed by atoms with E-state index in [1.54, 1.807) is 0 Å². The highest BCUT2D eigenvalue weighted by Gasteiger charge is 2.36. The molecule has 19 heavy (non-hydrogen) atoms. The highest BCUT2D eigenvalue weighted by Crippen LogP contribution is 2.44. The van der Waals surface area contributed by atoms with Crippen LogP contribution in [0.15, 0.2) is 0 Å². The van der Waals surface area contributed by atoms with E-state index in [0.29, 0.717) is 17.4 Å². The summed E-state index contributed by atoms with van der Waals surface area (Å²) in [6, 6.07) is 0.489. The van der Waals surface area contributed by atoms with Crippen molar-refractivity contribution in [1.82, 2.24) is 10.6 Å². The number of halogens is 1. The van der Waals surface area contributed by atoms with Crippen molar-refractivity contribution in [2.45, 2.75) is 64.8 Å². The van der Waals surface area contributed by atoms with Crippen LogP contribution < -0.4 is 10.6 Å². The Bertz CT molecular complexity index is 292. The average molecular weight is 289 g/mol. The molecule has 0 unspecified atom stereocenters. The molecule has 1 aliphatic carbocycles. The van der Waals surface area contributed by atoms with Gasteiger partial charge in [0.25, 0.3) is 0 Å². The van der Waals surface area contributed by atoms with Crippen LogP contribution in [-0.4, -0.2) is 25.0 Å². The lowest BCUT2D eigenvalue weighted by atomic mass is 9.66. The maximum atomic E-state index is 12.2. The SMILES string of the molecule is CCCC1(CNC(=O)[C@H]2CCN[C@@H](C)C2)CCC1.Cl. The Kier molecular flexibility index (Phi) is 6.61. The van der Waals surface area contributed by atoms with Crippen LogP contribution in [0.5, 0.6) is 0 Å². The Morgan fingerprint density at radius 1 is 1.42 bits per heavy atom. The quantitative estimate of drug-likeness (QED) is 0.817. The zero-order valence-electron chi connectivity index (χ0n) is 12.3. The number of hydrogen-bond donors (Lipinski definition) is 2. The molecule has 1 amide bonds. The molecule has 0 aromatic rings. The fraction of sp³-hybridized carbons (Fsp3) is 0.933. The fourth-order valence-electron chi connectivity index (χ4n) is 3.51. The smallest absolute Gasteiger partial charge is 0.223 e. The monoisotopic (exact) mass is 288 g/mol. The summed E-state index contributed by atoms with van der Waals surface area (Å²) in [5.41, 5.74) is 0.447. The zero-order chi connectivity index (χ0) is 13.0. The van der Waals surface area contributed by atoms with Crippen LogP contribution in [-0.2, 0) is 4.79 Å². The maximum Gasteiger partial charge on any atom is 0.223 e. The number of carbonyl (C=O) groups is 1. The molecular formula is C15H29ClN2O. The Balaban J connectivity index is 0.00000180. The summed E-state index contributed by atoms with van der Waals surface area (Å²) < 4.78 is 0. The molecule has 0 aromatic heterocycles. The van der Waals surface area contributed by atoms with Gasteiger partial charge in [-0.15, -0.1) is 12.4 Å². The molecule has 1 aliphatic heterocycles. The second kappa shape index (κ2) is 7.49. The van der Waals surface area contributed by atoms with Gasteiger partial charge in [-0.3, -0.25) is 4.79 Å². The second-order valence-corrected chi connectivity index (χ2v) is 6.40. The fourth-order valence-corrected chi connectivity index (χ4v) is 3.51. The number of rotatable bonds is 5. The lowest BCUT2D eigenvalue weighted by Gasteiger charge is -2.42. The van der Waals surface area contributed by atoms with Gasteiger partial charge in [0.1, 0.15) is 0 Å². The topological polar surface area (TPSA) is 41.1 Å². The third-order valence-corrected chi connectivity index (χ3v) is 4.83. The van der Waals surface area contributed by atoms with Crippen LogP contribution >= 0.6 is 12.4 Å². The molecule has 112 valence electrons. The van der Waals surface area contributed by atoms with E-state index in [9.17, 15) is 4.79 Å². The van der Waals surface area contributed by atoms with Gasteiger partial charge in [-0.25, -0.2) is 0 Å². The van der Waals surface area contributed by atoms with Crippen molar-refractivity contribution in [2.75, 3.05) is 13.1 Å². The predicted octanol–water partition coefficient (Wildman–Crippen LogP) is 2.88. The van der Waals surface area contributed by atoms with E-state index in [-0.39, 0.29) is 18.3 Å². The highest BCUT2D eigenvalue weighted by atomic mass is 35.5. The molecule has 0 aromatic carbocycles. The van der Waals surface area contributed by atoms with Crippen LogP contribution in [0.25, 0.3) is 0 Å². The number of carbonyl (C=O) groups excluding carboxylic acids is 1. The van der Waals surface area contributed by atoms with Crippen LogP contribution in [0, 0.1) is 11.3 Å². The second-order valence-electron chi connectivity index (χ2n) is 6.40. The van der Waals surface area contributed by atoms with Gasteiger partial charge in [-0.2, -0.15) is 0 Å². The summed E-state index contributed by atoms with van der Waals surface area (Å²) in [5.74, 6) is 0.533. The Labute approximate surface area is 123 Å². The number of nitrogens with one attached hydrogen (secondary N) is 2. The minimum Gasteiger partial charge on any atom is -0.355 e. The van der Waals surface area contributed by atoms with E-state index in [0.717, 1.165) is 25.9 Å². The Morgan fingerprint density at radius 2 is 2.16 bits per heavy atom. The van der Waals surface area contributed by atoms with Gasteiger partial charge in [0, 0.05) is 18.5 Å². The third-order valence-electron chi connectivity index (χ3n) is 4.83. The summed E-state index contributed by atoms with van der Waals surface area (Å²) in [6.45, 7) is 6.32. The molecule has 3 nitrogen and oxygen atoms in total. The van der Waals surface area contributed by atoms with E-state index >= 15 is 0 Å². The molecule has 0 spiro atoms. The van der Waals surface area contributed by atoms with Crippen molar-refractivity contribution in [3.8, 4) is 0 Å². The first-order chi connectivity index (χ1) is 8.65. The number of hydrogen-bond acceptors (Lipinski definition) is 2. The largest absolute Gasteiger partial charge is 0.355 e. The van der Waals surface area contributed by atoms with Gasteiger partial charge in [0.15, 0.2) is 0 Å². The van der Waals surface area contributed by atoms with Gasteiger partial charge in [-0.05, 0) is 51.0 Å². The lowest BCUT2D eigenvalue weighted by Crippen LogP contribution is -2.47. The van der Waals surface area contributed by atoms with Crippen LogP contribution in [0.2, 0.25) is 0 Å². The third kappa shape index (κ3) is 4.35. The van der Waals surface area contributed by atoms with Crippen LogP contribution in [0.3, 0.4) is 0 Å².